The van der Waals surface area contributed by atoms with Crippen molar-refractivity contribution < 1.29 is 9.53 Å². The molecule has 0 aliphatic carbocycles. The van der Waals surface area contributed by atoms with E-state index in [1.165, 1.54) is 11.3 Å². The fourth-order valence-electron chi connectivity index (χ4n) is 2.66. The highest BCUT2D eigenvalue weighted by molar-refractivity contribution is 7.16. The van der Waals surface area contributed by atoms with Gasteiger partial charge in [0, 0.05) is 28.6 Å². The van der Waals surface area contributed by atoms with E-state index in [1.54, 1.807) is 0 Å². The third-order valence-corrected chi connectivity index (χ3v) is 5.43. The first-order valence-corrected chi connectivity index (χ1v) is 9.28. The van der Waals surface area contributed by atoms with Gasteiger partial charge in [-0.2, -0.15) is 0 Å². The van der Waals surface area contributed by atoms with Crippen LogP contribution >= 0.6 is 34.5 Å². The highest BCUT2D eigenvalue weighted by atomic mass is 35.5. The Balaban J connectivity index is 1.51. The zero-order valence-electron chi connectivity index (χ0n) is 13.0. The number of hydrogen-bond acceptors (Lipinski definition) is 4. The van der Waals surface area contributed by atoms with Gasteiger partial charge in [0.05, 0.1) is 30.1 Å². The number of amides is 1. The number of thiophene rings is 1. The highest BCUT2D eigenvalue weighted by Crippen LogP contribution is 2.28. The van der Waals surface area contributed by atoms with E-state index in [-0.39, 0.29) is 12.0 Å². The molecule has 1 aliphatic rings. The van der Waals surface area contributed by atoms with Crippen molar-refractivity contribution in [3.05, 3.63) is 56.2 Å². The minimum Gasteiger partial charge on any atom is -0.371 e. The van der Waals surface area contributed by atoms with Crippen molar-refractivity contribution >= 4 is 40.4 Å². The molecule has 24 heavy (non-hydrogen) atoms. The van der Waals surface area contributed by atoms with Crippen LogP contribution in [0.2, 0.25) is 9.36 Å². The number of nitrogens with one attached hydrogen (secondary N) is 1. The van der Waals surface area contributed by atoms with Gasteiger partial charge in [0.2, 0.25) is 5.91 Å². The largest absolute Gasteiger partial charge is 0.371 e. The minimum atomic E-state index is -0.101. The monoisotopic (exact) mass is 384 g/mol. The van der Waals surface area contributed by atoms with Gasteiger partial charge in [0.1, 0.15) is 0 Å². The number of benzene rings is 1. The van der Waals surface area contributed by atoms with E-state index in [4.69, 9.17) is 27.9 Å². The number of morpholine rings is 1. The zero-order valence-corrected chi connectivity index (χ0v) is 15.3. The third kappa shape index (κ3) is 4.71. The molecule has 1 aliphatic heterocycles. The number of rotatable bonds is 5. The van der Waals surface area contributed by atoms with Crippen molar-refractivity contribution in [2.75, 3.05) is 26.2 Å². The molecule has 0 spiro atoms. The summed E-state index contributed by atoms with van der Waals surface area (Å²) in [5.74, 6) is -0.000619. The Morgan fingerprint density at radius 2 is 2.12 bits per heavy atom. The van der Waals surface area contributed by atoms with Crippen LogP contribution in [0.25, 0.3) is 0 Å². The normalized spacial score (nSPS) is 18.5. The van der Waals surface area contributed by atoms with Gasteiger partial charge in [0.25, 0.3) is 0 Å². The van der Waals surface area contributed by atoms with Crippen LogP contribution < -0.4 is 5.32 Å². The molecule has 1 amide bonds. The Kier molecular flexibility index (Phi) is 6.14. The van der Waals surface area contributed by atoms with Crippen molar-refractivity contribution in [3.8, 4) is 0 Å². The topological polar surface area (TPSA) is 41.6 Å². The number of ether oxygens (including phenoxy) is 1. The van der Waals surface area contributed by atoms with E-state index in [1.807, 2.05) is 36.4 Å². The maximum absolute atomic E-state index is 12.2. The maximum atomic E-state index is 12.2. The van der Waals surface area contributed by atoms with Crippen LogP contribution in [0.1, 0.15) is 16.5 Å². The Morgan fingerprint density at radius 1 is 1.29 bits per heavy atom. The van der Waals surface area contributed by atoms with Gasteiger partial charge in [-0.25, -0.2) is 0 Å². The van der Waals surface area contributed by atoms with Gasteiger partial charge in [-0.15, -0.1) is 11.3 Å². The van der Waals surface area contributed by atoms with Crippen molar-refractivity contribution in [3.63, 3.8) is 0 Å². The third-order valence-electron chi connectivity index (χ3n) is 3.86. The average molecular weight is 385 g/mol. The molecule has 1 atom stereocenters. The first-order chi connectivity index (χ1) is 11.6. The van der Waals surface area contributed by atoms with Crippen LogP contribution in [0, 0.1) is 0 Å². The summed E-state index contributed by atoms with van der Waals surface area (Å²) in [6, 6.07) is 11.4. The summed E-state index contributed by atoms with van der Waals surface area (Å²) in [7, 11) is 0. The molecular weight excluding hydrogens is 367 g/mol. The predicted molar refractivity (Wildman–Crippen MR) is 97.8 cm³/mol. The maximum Gasteiger partial charge on any atom is 0.234 e. The van der Waals surface area contributed by atoms with E-state index >= 15 is 0 Å². The molecule has 4 nitrogen and oxygen atoms in total. The minimum absolute atomic E-state index is 0.000619. The van der Waals surface area contributed by atoms with Crippen LogP contribution in [-0.2, 0) is 16.1 Å². The summed E-state index contributed by atoms with van der Waals surface area (Å²) in [4.78, 5) is 15.3. The average Bonchev–Trinajstić information content (AvgIpc) is 2.99. The summed E-state index contributed by atoms with van der Waals surface area (Å²) in [6.45, 7) is 2.84. The molecule has 1 unspecified atom stereocenters. The Hall–Kier alpha value is -1.11. The molecule has 0 saturated carbocycles. The van der Waals surface area contributed by atoms with E-state index in [9.17, 15) is 4.79 Å². The smallest absolute Gasteiger partial charge is 0.234 e. The van der Waals surface area contributed by atoms with E-state index in [0.29, 0.717) is 31.3 Å². The van der Waals surface area contributed by atoms with Crippen molar-refractivity contribution in [2.24, 2.45) is 0 Å². The summed E-state index contributed by atoms with van der Waals surface area (Å²) >= 11 is 13.6. The van der Waals surface area contributed by atoms with Crippen LogP contribution in [0.5, 0.6) is 0 Å². The highest BCUT2D eigenvalue weighted by Gasteiger charge is 2.24. The molecule has 128 valence electrons. The van der Waals surface area contributed by atoms with Crippen LogP contribution in [-0.4, -0.2) is 37.0 Å². The number of nitrogens with zero attached hydrogens (tertiary/aromatic N) is 1. The fraction of sp³-hybridized carbons (Fsp3) is 0.353. The quantitative estimate of drug-likeness (QED) is 0.853. The molecule has 0 radical (unpaired) electrons. The lowest BCUT2D eigenvalue weighted by atomic mass is 10.1. The molecule has 0 bridgehead atoms. The molecule has 1 N–H and O–H groups in total. The number of carbonyl (C=O) groups excluding carboxylic acids is 1. The SMILES string of the molecule is O=C(CN1CCOC(c2ccccc2Cl)C1)NCc1ccc(Cl)s1. The molecule has 1 aromatic heterocycles. The lowest BCUT2D eigenvalue weighted by Crippen LogP contribution is -2.44. The fourth-order valence-corrected chi connectivity index (χ4v) is 3.95. The standard InChI is InChI=1S/C17H18Cl2N2O2S/c18-14-4-2-1-3-13(14)15-10-21(7-8-23-15)11-17(22)20-9-12-5-6-16(19)24-12/h1-6,15H,7-11H2,(H,20,22). The Labute approximate surface area is 155 Å². The molecule has 2 aromatic rings. The Morgan fingerprint density at radius 3 is 2.88 bits per heavy atom. The molecule has 1 aromatic carbocycles. The van der Waals surface area contributed by atoms with Gasteiger partial charge in [-0.3, -0.25) is 9.69 Å². The molecule has 3 rings (SSSR count). The number of halogens is 2. The molecule has 1 fully saturated rings. The molecular formula is C17H18Cl2N2O2S. The summed E-state index contributed by atoms with van der Waals surface area (Å²) in [5.41, 5.74) is 0.970. The first-order valence-electron chi connectivity index (χ1n) is 7.71. The zero-order chi connectivity index (χ0) is 16.9. The van der Waals surface area contributed by atoms with E-state index < -0.39 is 0 Å². The number of carbonyl (C=O) groups is 1. The van der Waals surface area contributed by atoms with Crippen LogP contribution in [0.4, 0.5) is 0 Å². The number of hydrogen-bond donors (Lipinski definition) is 1. The summed E-state index contributed by atoms with van der Waals surface area (Å²) in [6.07, 6.45) is -0.101. The van der Waals surface area contributed by atoms with E-state index in [2.05, 4.69) is 10.2 Å². The van der Waals surface area contributed by atoms with Crippen LogP contribution in [0.15, 0.2) is 36.4 Å². The Bertz CT molecular complexity index is 707. The van der Waals surface area contributed by atoms with Gasteiger partial charge in [0.15, 0.2) is 0 Å². The van der Waals surface area contributed by atoms with Crippen LogP contribution in [0.3, 0.4) is 0 Å². The summed E-state index contributed by atoms with van der Waals surface area (Å²) < 4.78 is 6.55. The van der Waals surface area contributed by atoms with Crippen molar-refractivity contribution in [2.45, 2.75) is 12.6 Å². The lowest BCUT2D eigenvalue weighted by Gasteiger charge is -2.33. The summed E-state index contributed by atoms with van der Waals surface area (Å²) in [5, 5.41) is 3.63. The first kappa shape index (κ1) is 17.7. The second-order valence-electron chi connectivity index (χ2n) is 5.60. The van der Waals surface area contributed by atoms with Gasteiger partial charge in [-0.05, 0) is 18.2 Å². The molecule has 1 saturated heterocycles. The molecule has 7 heteroatoms. The van der Waals surface area contributed by atoms with Crippen molar-refractivity contribution in [1.82, 2.24) is 10.2 Å². The van der Waals surface area contributed by atoms with Gasteiger partial charge >= 0.3 is 0 Å². The van der Waals surface area contributed by atoms with E-state index in [0.717, 1.165) is 21.3 Å². The van der Waals surface area contributed by atoms with Gasteiger partial charge in [-0.1, -0.05) is 41.4 Å². The second kappa shape index (κ2) is 8.32. The molecule has 2 heterocycles. The second-order valence-corrected chi connectivity index (χ2v) is 7.81. The van der Waals surface area contributed by atoms with Gasteiger partial charge < -0.3 is 10.1 Å². The lowest BCUT2D eigenvalue weighted by molar-refractivity contribution is -0.124. The van der Waals surface area contributed by atoms with Crippen molar-refractivity contribution in [1.29, 1.82) is 0 Å². The predicted octanol–water partition coefficient (Wildman–Crippen LogP) is 3.74.